The maximum Gasteiger partial charge on any atom is 0.245 e. The Kier molecular flexibility index (Phi) is 26.6. The number of aliphatic hydroxyl groups excluding tert-OH is 1. The minimum absolute atomic E-state index is 0.00360. The third kappa shape index (κ3) is 19.9. The number of phenolic OH excluding ortho intramolecular Hbond substituents is 1. The van der Waals surface area contributed by atoms with Gasteiger partial charge in [0.15, 0.2) is 11.7 Å². The number of aromatic amines is 2. The SMILES string of the molecule is [2H]C(CC)N(C(=O)[C@H](C)NC(=O)[C@H](CCCN=C(N)N)NC(=O)[C@H](CC(C)C)NC(=O)[C@@H](CCCCN)NC(=O)[C@H](Cc1ccc(O)cc1)NC(=O)[C@H](CO)NC(=O)[C@@H](Cc1c[nH]c2ccccc12)NC(=O)[C@H](C)N)C1(C(=O)[C@H](N)Cc2c[nH]c3ccccc23)CC1C(C)=O. The van der Waals surface area contributed by atoms with Gasteiger partial charge in [0.25, 0.3) is 0 Å². The molecule has 21 N–H and O–H groups in total. The van der Waals surface area contributed by atoms with Crippen molar-refractivity contribution in [2.24, 2.45) is 45.5 Å². The number of aromatic hydroxyl groups is 1. The first-order valence-electron chi connectivity index (χ1n) is 32.4. The number of para-hydroxylation sites is 2. The minimum Gasteiger partial charge on any atom is -0.508 e. The standard InChI is InChI=1S/C66H94N16O12/c1-7-27-82(66(32-46(66)39(6)84)56(86)47(69)30-41-33-73-48-17-10-8-15-44(41)48)64(94)38(5)75-58(88)51(20-14-26-72-65(70)71)77-60(90)52(28-36(2)3)79-59(89)50(19-12-13-25-67)76-61(91)53(29-40-21-23-43(85)24-22-40)80-63(93)55(35-83)81-62(92)54(78-57(87)37(4)68)31-42-34-74-49-18-11-9-16-45(42)49/h8-11,15-18,21-24,33-34,36-38,46-47,50-55,73-74,83,85H,7,12-14,19-20,25-32,35,67-69H2,1-6H3,(H,75,88)(H,76,91)(H,77,90)(H,78,87)(H,79,89)(H,80,93)(H,81,92)(H4,70,71,72)/t37-,38-,46?,47+,50+,51-,52-,53-,54+,55-,66?/m0/s1/i27D/t27?,37-,38-,46?,47+,50+,51-,52-,53-,54+,55-,66?. The molecule has 5 aromatic rings. The summed E-state index contributed by atoms with van der Waals surface area (Å²) >= 11 is 0. The van der Waals surface area contributed by atoms with Crippen LogP contribution in [0, 0.1) is 11.8 Å². The number of hydrogen-bond acceptors (Lipinski definition) is 16. The van der Waals surface area contributed by atoms with E-state index in [2.05, 4.69) is 52.2 Å². The van der Waals surface area contributed by atoms with Crippen molar-refractivity contribution < 1.29 is 59.5 Å². The van der Waals surface area contributed by atoms with Gasteiger partial charge in [-0.2, -0.15) is 0 Å². The van der Waals surface area contributed by atoms with E-state index in [9.17, 15) is 58.2 Å². The molecule has 1 aliphatic rings. The number of carbonyl (C=O) groups excluding carboxylic acids is 10. The zero-order valence-corrected chi connectivity index (χ0v) is 54.2. The first-order valence-corrected chi connectivity index (χ1v) is 31.8. The number of benzene rings is 3. The van der Waals surface area contributed by atoms with Gasteiger partial charge in [-0.05, 0) is 132 Å². The van der Waals surface area contributed by atoms with E-state index in [4.69, 9.17) is 30.0 Å². The van der Waals surface area contributed by atoms with Gasteiger partial charge in [0, 0.05) is 61.5 Å². The molecule has 3 aromatic carbocycles. The van der Waals surface area contributed by atoms with Crippen molar-refractivity contribution in [3.05, 3.63) is 102 Å². The number of nitrogens with zero attached hydrogens (tertiary/aromatic N) is 2. The fourth-order valence-electron chi connectivity index (χ4n) is 11.5. The summed E-state index contributed by atoms with van der Waals surface area (Å²) in [4.78, 5) is 154. The van der Waals surface area contributed by atoms with Crippen LogP contribution in [-0.2, 0) is 67.2 Å². The number of carbonyl (C=O) groups is 10. The highest BCUT2D eigenvalue weighted by molar-refractivity contribution is 6.07. The third-order valence-corrected chi connectivity index (χ3v) is 16.5. The lowest BCUT2D eigenvalue weighted by Crippen LogP contribution is -2.61. The molecule has 0 spiro atoms. The zero-order valence-electron chi connectivity index (χ0n) is 55.2. The number of amides is 8. The number of nitrogens with two attached hydrogens (primary N) is 5. The molecule has 6 rings (SSSR count). The molecule has 0 bridgehead atoms. The van der Waals surface area contributed by atoms with Crippen LogP contribution >= 0.6 is 0 Å². The van der Waals surface area contributed by atoms with E-state index < -0.39 is 138 Å². The van der Waals surface area contributed by atoms with Gasteiger partial charge in [-0.3, -0.25) is 52.9 Å². The van der Waals surface area contributed by atoms with Crippen LogP contribution in [0.3, 0.4) is 0 Å². The van der Waals surface area contributed by atoms with Crippen LogP contribution in [0.15, 0.2) is 90.2 Å². The molecular weight excluding hydrogens is 1210 g/mol. The summed E-state index contributed by atoms with van der Waals surface area (Å²) in [6.45, 7) is 7.17. The molecule has 8 amide bonds. The molecule has 28 heteroatoms. The molecule has 1 saturated carbocycles. The minimum atomic E-state index is -1.80. The Morgan fingerprint density at radius 3 is 1.67 bits per heavy atom. The van der Waals surface area contributed by atoms with E-state index in [-0.39, 0.29) is 94.9 Å². The van der Waals surface area contributed by atoms with E-state index >= 15 is 0 Å². The van der Waals surface area contributed by atoms with Gasteiger partial charge in [0.1, 0.15) is 59.4 Å². The predicted molar refractivity (Wildman–Crippen MR) is 355 cm³/mol. The summed E-state index contributed by atoms with van der Waals surface area (Å²) in [7, 11) is 0. The summed E-state index contributed by atoms with van der Waals surface area (Å²) in [6.07, 6.45) is 3.76. The summed E-state index contributed by atoms with van der Waals surface area (Å²) < 4.78 is 9.14. The van der Waals surface area contributed by atoms with Gasteiger partial charge in [-0.1, -0.05) is 69.3 Å². The molecule has 1 aliphatic carbocycles. The van der Waals surface area contributed by atoms with Crippen LogP contribution in [0.5, 0.6) is 5.75 Å². The molecule has 0 radical (unpaired) electrons. The van der Waals surface area contributed by atoms with E-state index in [1.807, 2.05) is 42.5 Å². The number of Topliss-reactive ketones (excluding diaryl/α,β-unsaturated/α-hetero) is 2. The lowest BCUT2D eigenvalue weighted by Gasteiger charge is -2.35. The van der Waals surface area contributed by atoms with Crippen LogP contribution in [-0.4, -0.2) is 176 Å². The van der Waals surface area contributed by atoms with Crippen LogP contribution in [0.1, 0.15) is 111 Å². The number of aliphatic imine (C=N–C) groups is 1. The van der Waals surface area contributed by atoms with Gasteiger partial charge in [0.2, 0.25) is 47.3 Å². The molecule has 2 heterocycles. The van der Waals surface area contributed by atoms with E-state index in [0.717, 1.165) is 32.3 Å². The van der Waals surface area contributed by atoms with Gasteiger partial charge < -0.3 is 91.0 Å². The molecule has 3 unspecified atom stereocenters. The Balaban J connectivity index is 1.22. The normalized spacial score (nSPS) is 17.6. The monoisotopic (exact) mass is 1300 g/mol. The van der Waals surface area contributed by atoms with Gasteiger partial charge >= 0.3 is 0 Å². The smallest absolute Gasteiger partial charge is 0.245 e. The topological polar surface area (TPSA) is 473 Å². The van der Waals surface area contributed by atoms with Gasteiger partial charge in [-0.25, -0.2) is 0 Å². The second kappa shape index (κ2) is 34.6. The number of phenols is 1. The highest BCUT2D eigenvalue weighted by Crippen LogP contribution is 2.51. The Bertz CT molecular complexity index is 3540. The maximum atomic E-state index is 14.8. The van der Waals surface area contributed by atoms with Crippen LogP contribution in [0.25, 0.3) is 21.8 Å². The Morgan fingerprint density at radius 1 is 0.649 bits per heavy atom. The molecule has 94 heavy (non-hydrogen) atoms. The first-order chi connectivity index (χ1) is 45.1. The summed E-state index contributed by atoms with van der Waals surface area (Å²) in [5.41, 5.74) is 31.2. The molecule has 12 atom stereocenters. The molecule has 1 fully saturated rings. The fourth-order valence-corrected chi connectivity index (χ4v) is 11.5. The average molecular weight is 1300 g/mol. The van der Waals surface area contributed by atoms with Crippen molar-refractivity contribution in [2.75, 3.05) is 26.2 Å². The zero-order chi connectivity index (χ0) is 69.8. The number of H-pyrrole nitrogens is 2. The van der Waals surface area contributed by atoms with E-state index in [1.165, 1.54) is 45.0 Å². The molecule has 28 nitrogen and oxygen atoms in total. The maximum absolute atomic E-state index is 14.8. The third-order valence-electron chi connectivity index (χ3n) is 16.5. The average Bonchev–Trinajstić information content (AvgIpc) is 1.54. The highest BCUT2D eigenvalue weighted by atomic mass is 16.3. The number of nitrogens with one attached hydrogen (secondary N) is 9. The quantitative estimate of drug-likeness (QED) is 0.0139. The Morgan fingerprint density at radius 2 is 1.14 bits per heavy atom. The number of guanidine groups is 1. The molecular formula is C66H94N16O12. The predicted octanol–water partition coefficient (Wildman–Crippen LogP) is -0.153. The van der Waals surface area contributed by atoms with Gasteiger partial charge in [-0.15, -0.1) is 0 Å². The van der Waals surface area contributed by atoms with Crippen molar-refractivity contribution in [1.82, 2.24) is 52.1 Å². The van der Waals surface area contributed by atoms with Crippen molar-refractivity contribution in [1.29, 1.82) is 0 Å². The Hall–Kier alpha value is -9.25. The molecule has 2 aromatic heterocycles. The number of ketones is 2. The second-order valence-electron chi connectivity index (χ2n) is 24.5. The first kappa shape index (κ1) is 72.2. The van der Waals surface area contributed by atoms with Crippen molar-refractivity contribution in [3.63, 3.8) is 0 Å². The van der Waals surface area contributed by atoms with Crippen molar-refractivity contribution >= 4 is 86.6 Å². The number of unbranched alkanes of at least 4 members (excludes halogenated alkanes) is 1. The van der Waals surface area contributed by atoms with E-state index in [1.54, 1.807) is 39.2 Å². The van der Waals surface area contributed by atoms with Crippen molar-refractivity contribution in [2.45, 2.75) is 172 Å². The number of hydrogen-bond donors (Lipinski definition) is 16. The van der Waals surface area contributed by atoms with Crippen molar-refractivity contribution in [3.8, 4) is 5.75 Å². The number of rotatable bonds is 38. The fraction of sp³-hybridized carbons (Fsp3) is 0.500. The van der Waals surface area contributed by atoms with Crippen LogP contribution in [0.2, 0.25) is 0 Å². The van der Waals surface area contributed by atoms with E-state index in [0.29, 0.717) is 17.5 Å². The summed E-state index contributed by atoms with van der Waals surface area (Å²) in [5.74, 6) is -9.49. The summed E-state index contributed by atoms with van der Waals surface area (Å²) in [5, 5.41) is 40.8. The lowest BCUT2D eigenvalue weighted by molar-refractivity contribution is -0.146. The largest absolute Gasteiger partial charge is 0.508 e. The van der Waals surface area contributed by atoms with Crippen LogP contribution < -0.4 is 65.9 Å². The Labute approximate surface area is 547 Å². The number of fused-ring (bicyclic) bond motifs is 2. The lowest BCUT2D eigenvalue weighted by atomic mass is 9.92. The van der Waals surface area contributed by atoms with Gasteiger partial charge in [0.05, 0.1) is 24.6 Å². The second-order valence-corrected chi connectivity index (χ2v) is 24.5. The summed E-state index contributed by atoms with van der Waals surface area (Å²) in [6, 6.07) is 8.02. The number of aromatic nitrogens is 2. The van der Waals surface area contributed by atoms with Crippen LogP contribution in [0.4, 0.5) is 0 Å². The highest BCUT2D eigenvalue weighted by Gasteiger charge is 2.67. The molecule has 510 valence electrons. The number of aliphatic hydroxyl groups is 1. The molecule has 0 saturated heterocycles. The molecule has 0 aliphatic heterocycles.